The van der Waals surface area contributed by atoms with Gasteiger partial charge >= 0.3 is 6.09 Å². The molecule has 35 heavy (non-hydrogen) atoms. The van der Waals surface area contributed by atoms with Crippen molar-refractivity contribution in [2.45, 2.75) is 83.5 Å². The van der Waals surface area contributed by atoms with Crippen LogP contribution in [0.4, 0.5) is 20.8 Å². The lowest BCUT2D eigenvalue weighted by atomic mass is 9.86. The highest BCUT2D eigenvalue weighted by molar-refractivity contribution is 5.99. The zero-order valence-electron chi connectivity index (χ0n) is 21.1. The Morgan fingerprint density at radius 2 is 1.74 bits per heavy atom. The predicted molar refractivity (Wildman–Crippen MR) is 135 cm³/mol. The van der Waals surface area contributed by atoms with Gasteiger partial charge in [0, 0.05) is 11.6 Å². The Labute approximate surface area is 206 Å². The van der Waals surface area contributed by atoms with Crippen LogP contribution in [-0.4, -0.2) is 44.6 Å². The average Bonchev–Trinajstić information content (AvgIpc) is 2.76. The maximum absolute atomic E-state index is 15.1. The number of benzene rings is 1. The Kier molecular flexibility index (Phi) is 7.57. The number of nitrogen functional groups attached to an aromatic ring is 1. The molecule has 2 atom stereocenters. The molecule has 3 rings (SSSR count). The van der Waals surface area contributed by atoms with Gasteiger partial charge in [-0.25, -0.2) is 14.2 Å². The number of rotatable bonds is 6. The SMILES string of the molecule is CC(C)(NC(=O)c1cc(F)c(N[C@@H]2CCCC[C@@H]2N(C(=O)O)C(C)(C)C)nc1N)c1ccccc1. The zero-order chi connectivity index (χ0) is 26.0. The molecule has 9 heteroatoms. The number of hydrogen-bond donors (Lipinski definition) is 4. The van der Waals surface area contributed by atoms with Crippen LogP contribution in [-0.2, 0) is 5.54 Å². The van der Waals surface area contributed by atoms with Gasteiger partial charge in [0.15, 0.2) is 11.6 Å². The van der Waals surface area contributed by atoms with Gasteiger partial charge in [0.2, 0.25) is 0 Å². The molecule has 1 fully saturated rings. The molecule has 5 N–H and O–H groups in total. The van der Waals surface area contributed by atoms with Gasteiger partial charge in [-0.05, 0) is 59.1 Å². The summed E-state index contributed by atoms with van der Waals surface area (Å²) in [6, 6.07) is 9.83. The molecule has 2 aromatic rings. The molecule has 1 aromatic carbocycles. The van der Waals surface area contributed by atoms with Crippen LogP contribution in [0.15, 0.2) is 36.4 Å². The first-order valence-electron chi connectivity index (χ1n) is 11.9. The molecule has 0 spiro atoms. The van der Waals surface area contributed by atoms with E-state index in [1.807, 2.05) is 65.0 Å². The van der Waals surface area contributed by atoms with E-state index < -0.39 is 28.9 Å². The minimum atomic E-state index is -1.02. The summed E-state index contributed by atoms with van der Waals surface area (Å²) in [4.78, 5) is 30.6. The molecular formula is C26H36FN5O3. The van der Waals surface area contributed by atoms with Crippen molar-refractivity contribution >= 4 is 23.6 Å². The molecule has 2 amide bonds. The Morgan fingerprint density at radius 1 is 1.11 bits per heavy atom. The Morgan fingerprint density at radius 3 is 2.34 bits per heavy atom. The highest BCUT2D eigenvalue weighted by atomic mass is 19.1. The number of amides is 2. The maximum atomic E-state index is 15.1. The molecule has 0 radical (unpaired) electrons. The van der Waals surface area contributed by atoms with Crippen LogP contribution >= 0.6 is 0 Å². The summed E-state index contributed by atoms with van der Waals surface area (Å²) in [5.41, 5.74) is 5.59. The highest BCUT2D eigenvalue weighted by Crippen LogP contribution is 2.31. The fourth-order valence-electron chi connectivity index (χ4n) is 4.75. The second kappa shape index (κ2) is 10.1. The molecule has 0 aliphatic heterocycles. The van der Waals surface area contributed by atoms with Gasteiger partial charge in [-0.2, -0.15) is 0 Å². The first-order valence-corrected chi connectivity index (χ1v) is 11.9. The van der Waals surface area contributed by atoms with Crippen molar-refractivity contribution in [3.8, 4) is 0 Å². The number of carbonyl (C=O) groups is 2. The normalized spacial score (nSPS) is 18.6. The van der Waals surface area contributed by atoms with E-state index in [9.17, 15) is 14.7 Å². The maximum Gasteiger partial charge on any atom is 0.408 e. The number of carboxylic acid groups (broad SMARTS) is 1. The summed E-state index contributed by atoms with van der Waals surface area (Å²) in [6.07, 6.45) is 2.08. The highest BCUT2D eigenvalue weighted by Gasteiger charge is 2.39. The number of anilines is 2. The average molecular weight is 486 g/mol. The Bertz CT molecular complexity index is 1070. The number of aromatic nitrogens is 1. The zero-order valence-corrected chi connectivity index (χ0v) is 21.1. The minimum absolute atomic E-state index is 0.0564. The van der Waals surface area contributed by atoms with Crippen molar-refractivity contribution in [3.63, 3.8) is 0 Å². The van der Waals surface area contributed by atoms with E-state index in [2.05, 4.69) is 15.6 Å². The number of nitrogens with one attached hydrogen (secondary N) is 2. The van der Waals surface area contributed by atoms with E-state index in [0.29, 0.717) is 12.8 Å². The summed E-state index contributed by atoms with van der Waals surface area (Å²) in [5.74, 6) is -1.44. The molecular weight excluding hydrogens is 449 g/mol. The van der Waals surface area contributed by atoms with E-state index >= 15 is 4.39 Å². The van der Waals surface area contributed by atoms with Crippen LogP contribution in [0.3, 0.4) is 0 Å². The van der Waals surface area contributed by atoms with Crippen LogP contribution in [0.2, 0.25) is 0 Å². The van der Waals surface area contributed by atoms with Crippen LogP contribution < -0.4 is 16.4 Å². The van der Waals surface area contributed by atoms with Crippen LogP contribution in [0.5, 0.6) is 0 Å². The number of carbonyl (C=O) groups excluding carboxylic acids is 1. The number of hydrogen-bond acceptors (Lipinski definition) is 5. The second-order valence-electron chi connectivity index (χ2n) is 10.6. The van der Waals surface area contributed by atoms with Crippen LogP contribution in [0.1, 0.15) is 76.2 Å². The molecule has 190 valence electrons. The molecule has 1 aromatic heterocycles. The minimum Gasteiger partial charge on any atom is -0.465 e. The third-order valence-corrected chi connectivity index (χ3v) is 6.48. The number of nitrogens with two attached hydrogens (primary N) is 1. The Balaban J connectivity index is 1.82. The molecule has 1 aliphatic carbocycles. The van der Waals surface area contributed by atoms with E-state index in [0.717, 1.165) is 24.5 Å². The van der Waals surface area contributed by atoms with Crippen molar-refractivity contribution in [2.75, 3.05) is 11.1 Å². The van der Waals surface area contributed by atoms with Crippen molar-refractivity contribution < 1.29 is 19.1 Å². The first-order chi connectivity index (χ1) is 16.3. The quantitative estimate of drug-likeness (QED) is 0.458. The van der Waals surface area contributed by atoms with Crippen molar-refractivity contribution in [2.24, 2.45) is 0 Å². The van der Waals surface area contributed by atoms with Gasteiger partial charge in [-0.3, -0.25) is 9.69 Å². The van der Waals surface area contributed by atoms with Gasteiger partial charge in [0.05, 0.1) is 17.1 Å². The standard InChI is InChI=1S/C26H36FN5O3/c1-25(2,3)32(24(34)35)20-14-10-9-13-19(20)29-22-18(27)15-17(21(28)30-22)23(33)31-26(4,5)16-11-7-6-8-12-16/h6-8,11-12,15,19-20H,9-10,13-14H2,1-5H3,(H,31,33)(H,34,35)(H3,28,29,30)/t19-,20+/m1/s1. The van der Waals surface area contributed by atoms with Gasteiger partial charge in [-0.15, -0.1) is 0 Å². The monoisotopic (exact) mass is 485 g/mol. The van der Waals surface area contributed by atoms with E-state index in [1.54, 1.807) is 0 Å². The predicted octanol–water partition coefficient (Wildman–Crippen LogP) is 4.97. The van der Waals surface area contributed by atoms with Gasteiger partial charge in [-0.1, -0.05) is 43.2 Å². The van der Waals surface area contributed by atoms with Crippen molar-refractivity contribution in [1.29, 1.82) is 0 Å². The van der Waals surface area contributed by atoms with Gasteiger partial charge < -0.3 is 21.5 Å². The molecule has 0 saturated heterocycles. The fraction of sp³-hybridized carbons (Fsp3) is 0.500. The largest absolute Gasteiger partial charge is 0.465 e. The third-order valence-electron chi connectivity index (χ3n) is 6.48. The summed E-state index contributed by atoms with van der Waals surface area (Å²) in [6.45, 7) is 9.22. The van der Waals surface area contributed by atoms with E-state index in [4.69, 9.17) is 5.73 Å². The molecule has 1 saturated carbocycles. The molecule has 0 unspecified atom stereocenters. The van der Waals surface area contributed by atoms with Gasteiger partial charge in [0.25, 0.3) is 5.91 Å². The fourth-order valence-corrected chi connectivity index (χ4v) is 4.75. The number of pyridine rings is 1. The summed E-state index contributed by atoms with van der Waals surface area (Å²) >= 11 is 0. The number of nitrogens with zero attached hydrogens (tertiary/aromatic N) is 2. The lowest BCUT2D eigenvalue weighted by Crippen LogP contribution is -2.58. The van der Waals surface area contributed by atoms with Crippen LogP contribution in [0.25, 0.3) is 0 Å². The van der Waals surface area contributed by atoms with Crippen molar-refractivity contribution in [1.82, 2.24) is 15.2 Å². The molecule has 1 aliphatic rings. The third kappa shape index (κ3) is 6.01. The smallest absolute Gasteiger partial charge is 0.408 e. The molecule has 0 bridgehead atoms. The topological polar surface area (TPSA) is 121 Å². The lowest BCUT2D eigenvalue weighted by Gasteiger charge is -2.45. The van der Waals surface area contributed by atoms with Crippen molar-refractivity contribution in [3.05, 3.63) is 53.3 Å². The van der Waals surface area contributed by atoms with E-state index in [1.165, 1.54) is 4.90 Å². The summed E-state index contributed by atoms with van der Waals surface area (Å²) in [7, 11) is 0. The number of halogens is 1. The van der Waals surface area contributed by atoms with Crippen LogP contribution in [0, 0.1) is 5.82 Å². The first kappa shape index (κ1) is 26.2. The van der Waals surface area contributed by atoms with Gasteiger partial charge in [0.1, 0.15) is 5.82 Å². The van der Waals surface area contributed by atoms with E-state index in [-0.39, 0.29) is 29.3 Å². The summed E-state index contributed by atoms with van der Waals surface area (Å²) < 4.78 is 15.1. The lowest BCUT2D eigenvalue weighted by molar-refractivity contribution is 0.0519. The Hall–Kier alpha value is -3.36. The molecule has 8 nitrogen and oxygen atoms in total. The summed E-state index contributed by atoms with van der Waals surface area (Å²) in [5, 5.41) is 15.8. The second-order valence-corrected chi connectivity index (χ2v) is 10.6. The molecule has 1 heterocycles.